The van der Waals surface area contributed by atoms with Gasteiger partial charge in [0.2, 0.25) is 0 Å². The highest BCUT2D eigenvalue weighted by molar-refractivity contribution is 6.30. The Balaban J connectivity index is 2.38. The summed E-state index contributed by atoms with van der Waals surface area (Å²) >= 11 is 5.77. The van der Waals surface area contributed by atoms with Crippen LogP contribution in [0.15, 0.2) is 54.6 Å². The molecule has 0 fully saturated rings. The minimum Gasteiger partial charge on any atom is -0.479 e. The molecule has 0 aliphatic heterocycles. The number of benzene rings is 2. The highest BCUT2D eigenvalue weighted by atomic mass is 35.5. The average Bonchev–Trinajstić information content (AvgIpc) is 2.40. The first-order valence-corrected chi connectivity index (χ1v) is 6.16. The Kier molecular flexibility index (Phi) is 3.88. The Labute approximate surface area is 116 Å². The fraction of sp³-hybridized carbons (Fsp3) is 0.133. The molecule has 0 saturated heterocycles. The molecule has 0 aliphatic carbocycles. The summed E-state index contributed by atoms with van der Waals surface area (Å²) in [6.45, 7) is 0. The van der Waals surface area contributed by atoms with Crippen LogP contribution < -0.4 is 0 Å². The monoisotopic (exact) mass is 276 g/mol. The van der Waals surface area contributed by atoms with Crippen molar-refractivity contribution in [1.29, 1.82) is 0 Å². The van der Waals surface area contributed by atoms with Gasteiger partial charge in [-0.2, -0.15) is 0 Å². The van der Waals surface area contributed by atoms with E-state index in [0.29, 0.717) is 10.6 Å². The van der Waals surface area contributed by atoms with Crippen LogP contribution in [0.3, 0.4) is 0 Å². The number of hydrogen-bond donors (Lipinski definition) is 2. The maximum Gasteiger partial charge on any atom is 0.340 e. The fourth-order valence-electron chi connectivity index (χ4n) is 1.92. The van der Waals surface area contributed by atoms with Crippen LogP contribution in [-0.2, 0) is 16.8 Å². The molecule has 0 aromatic heterocycles. The summed E-state index contributed by atoms with van der Waals surface area (Å²) < 4.78 is 0. The van der Waals surface area contributed by atoms with Gasteiger partial charge in [-0.3, -0.25) is 0 Å². The molecule has 0 bridgehead atoms. The van der Waals surface area contributed by atoms with E-state index in [-0.39, 0.29) is 6.42 Å². The van der Waals surface area contributed by atoms with Crippen molar-refractivity contribution in [2.45, 2.75) is 12.0 Å². The van der Waals surface area contributed by atoms with E-state index >= 15 is 0 Å². The van der Waals surface area contributed by atoms with Crippen LogP contribution in [0.4, 0.5) is 0 Å². The van der Waals surface area contributed by atoms with E-state index in [4.69, 9.17) is 11.6 Å². The van der Waals surface area contributed by atoms with E-state index in [9.17, 15) is 15.0 Å². The molecule has 2 aromatic carbocycles. The zero-order valence-corrected chi connectivity index (χ0v) is 10.8. The third-order valence-corrected chi connectivity index (χ3v) is 3.23. The highest BCUT2D eigenvalue weighted by Crippen LogP contribution is 2.27. The van der Waals surface area contributed by atoms with Crippen molar-refractivity contribution in [1.82, 2.24) is 0 Å². The number of rotatable bonds is 4. The maximum absolute atomic E-state index is 11.4. The molecule has 2 N–H and O–H groups in total. The van der Waals surface area contributed by atoms with Crippen LogP contribution >= 0.6 is 11.6 Å². The third-order valence-electron chi connectivity index (χ3n) is 2.98. The van der Waals surface area contributed by atoms with Gasteiger partial charge in [0.05, 0.1) is 0 Å². The number of aliphatic carboxylic acids is 1. The first-order valence-electron chi connectivity index (χ1n) is 5.78. The molecular weight excluding hydrogens is 264 g/mol. The van der Waals surface area contributed by atoms with Gasteiger partial charge in [0.1, 0.15) is 0 Å². The van der Waals surface area contributed by atoms with E-state index in [1.54, 1.807) is 36.4 Å². The van der Waals surface area contributed by atoms with Crippen molar-refractivity contribution in [2.24, 2.45) is 0 Å². The molecule has 0 saturated carbocycles. The molecule has 4 heteroatoms. The third kappa shape index (κ3) is 2.95. The van der Waals surface area contributed by atoms with Crippen molar-refractivity contribution in [2.75, 3.05) is 0 Å². The molecule has 0 spiro atoms. The minimum atomic E-state index is -1.95. The van der Waals surface area contributed by atoms with Crippen LogP contribution in [-0.4, -0.2) is 16.2 Å². The summed E-state index contributed by atoms with van der Waals surface area (Å²) in [4.78, 5) is 11.4. The predicted octanol–water partition coefficient (Wildman–Crippen LogP) is 2.85. The molecule has 0 radical (unpaired) electrons. The zero-order chi connectivity index (χ0) is 13.9. The summed E-state index contributed by atoms with van der Waals surface area (Å²) in [6.07, 6.45) is 0.00477. The van der Waals surface area contributed by atoms with E-state index in [1.807, 2.05) is 6.07 Å². The van der Waals surface area contributed by atoms with Crippen LogP contribution in [0.5, 0.6) is 0 Å². The summed E-state index contributed by atoms with van der Waals surface area (Å²) in [5.74, 6) is -1.28. The number of carbonyl (C=O) groups is 1. The lowest BCUT2D eigenvalue weighted by atomic mass is 9.87. The van der Waals surface area contributed by atoms with Gasteiger partial charge in [-0.15, -0.1) is 0 Å². The van der Waals surface area contributed by atoms with E-state index in [2.05, 4.69) is 0 Å². The molecule has 0 aliphatic rings. The SMILES string of the molecule is O=C(O)C(O)(Cc1ccccc1)c1ccc(Cl)cc1. The van der Waals surface area contributed by atoms with Gasteiger partial charge >= 0.3 is 5.97 Å². The lowest BCUT2D eigenvalue weighted by Crippen LogP contribution is -2.37. The predicted molar refractivity (Wildman–Crippen MR) is 73.1 cm³/mol. The molecule has 98 valence electrons. The van der Waals surface area contributed by atoms with Crippen LogP contribution in [0.2, 0.25) is 5.02 Å². The van der Waals surface area contributed by atoms with Gasteiger partial charge in [-0.25, -0.2) is 4.79 Å². The average molecular weight is 277 g/mol. The molecule has 1 unspecified atom stereocenters. The van der Waals surface area contributed by atoms with Gasteiger partial charge in [0, 0.05) is 11.4 Å². The standard InChI is InChI=1S/C15H13ClO3/c16-13-8-6-12(7-9-13)15(19,14(17)18)10-11-4-2-1-3-5-11/h1-9,19H,10H2,(H,17,18). The van der Waals surface area contributed by atoms with Crippen molar-refractivity contribution in [3.8, 4) is 0 Å². The lowest BCUT2D eigenvalue weighted by Gasteiger charge is -2.24. The Hall–Kier alpha value is -1.84. The number of halogens is 1. The largest absolute Gasteiger partial charge is 0.479 e. The summed E-state index contributed by atoms with van der Waals surface area (Å²) in [6, 6.07) is 15.2. The molecule has 0 amide bonds. The topological polar surface area (TPSA) is 57.5 Å². The number of aliphatic hydroxyl groups is 1. The smallest absolute Gasteiger partial charge is 0.340 e. The Bertz CT molecular complexity index is 566. The molecule has 19 heavy (non-hydrogen) atoms. The minimum absolute atomic E-state index is 0.00477. The number of carboxylic acid groups (broad SMARTS) is 1. The second-order valence-electron chi connectivity index (χ2n) is 4.33. The number of carboxylic acids is 1. The molecular formula is C15H13ClO3. The molecule has 1 atom stereocenters. The Morgan fingerprint density at radius 2 is 1.63 bits per heavy atom. The van der Waals surface area contributed by atoms with Crippen molar-refractivity contribution < 1.29 is 15.0 Å². The Morgan fingerprint density at radius 3 is 2.16 bits per heavy atom. The zero-order valence-electron chi connectivity index (χ0n) is 10.1. The molecule has 2 aromatic rings. The molecule has 0 heterocycles. The van der Waals surface area contributed by atoms with Crippen LogP contribution in [0, 0.1) is 0 Å². The van der Waals surface area contributed by atoms with Crippen molar-refractivity contribution in [3.63, 3.8) is 0 Å². The second-order valence-corrected chi connectivity index (χ2v) is 4.77. The van der Waals surface area contributed by atoms with Crippen molar-refractivity contribution >= 4 is 17.6 Å². The maximum atomic E-state index is 11.4. The van der Waals surface area contributed by atoms with Crippen LogP contribution in [0.1, 0.15) is 11.1 Å². The summed E-state index contributed by atoms with van der Waals surface area (Å²) in [5, 5.41) is 20.3. The van der Waals surface area contributed by atoms with Crippen molar-refractivity contribution in [3.05, 3.63) is 70.7 Å². The van der Waals surface area contributed by atoms with Crippen LogP contribution in [0.25, 0.3) is 0 Å². The summed E-state index contributed by atoms with van der Waals surface area (Å²) in [7, 11) is 0. The van der Waals surface area contributed by atoms with Gasteiger partial charge in [-0.05, 0) is 23.3 Å². The van der Waals surface area contributed by atoms with E-state index in [1.165, 1.54) is 12.1 Å². The normalized spacial score (nSPS) is 13.8. The molecule has 2 rings (SSSR count). The first-order chi connectivity index (χ1) is 9.02. The first kappa shape index (κ1) is 13.6. The van der Waals surface area contributed by atoms with E-state index < -0.39 is 11.6 Å². The lowest BCUT2D eigenvalue weighted by molar-refractivity contribution is -0.159. The highest BCUT2D eigenvalue weighted by Gasteiger charge is 2.38. The van der Waals surface area contributed by atoms with E-state index in [0.717, 1.165) is 5.56 Å². The van der Waals surface area contributed by atoms with Gasteiger partial charge in [-0.1, -0.05) is 54.1 Å². The summed E-state index contributed by atoms with van der Waals surface area (Å²) in [5.41, 5.74) is -0.887. The number of hydrogen-bond acceptors (Lipinski definition) is 2. The van der Waals surface area contributed by atoms with Gasteiger partial charge in [0.25, 0.3) is 0 Å². The molecule has 3 nitrogen and oxygen atoms in total. The quantitative estimate of drug-likeness (QED) is 0.903. The van der Waals surface area contributed by atoms with Gasteiger partial charge < -0.3 is 10.2 Å². The fourth-order valence-corrected chi connectivity index (χ4v) is 2.04. The second kappa shape index (κ2) is 5.43. The Morgan fingerprint density at radius 1 is 1.05 bits per heavy atom. The van der Waals surface area contributed by atoms with Gasteiger partial charge in [0.15, 0.2) is 5.60 Å².